The van der Waals surface area contributed by atoms with Crippen molar-refractivity contribution in [3.05, 3.63) is 63.1 Å². The predicted octanol–water partition coefficient (Wildman–Crippen LogP) is 2.61. The van der Waals surface area contributed by atoms with Gasteiger partial charge >= 0.3 is 0 Å². The molecule has 0 spiro atoms. The molecule has 1 N–H and O–H groups in total. The average molecular weight is 294 g/mol. The van der Waals surface area contributed by atoms with Gasteiger partial charge in [0.15, 0.2) is 0 Å². The van der Waals surface area contributed by atoms with E-state index in [0.717, 1.165) is 6.07 Å². The quantitative estimate of drug-likeness (QED) is 0.532. The fourth-order valence-corrected chi connectivity index (χ4v) is 1.64. The van der Waals surface area contributed by atoms with Crippen LogP contribution in [0, 0.1) is 10.1 Å². The van der Waals surface area contributed by atoms with Gasteiger partial charge in [-0.3, -0.25) is 14.9 Å². The third kappa shape index (κ3) is 3.21. The number of hydrogen-bond donors (Lipinski definition) is 1. The third-order valence-electron chi connectivity index (χ3n) is 2.33. The number of amides is 1. The van der Waals surface area contributed by atoms with Crippen LogP contribution in [0.5, 0.6) is 0 Å². The number of halogens is 1. The number of nitro groups is 1. The van der Waals surface area contributed by atoms with Gasteiger partial charge in [-0.2, -0.15) is 5.10 Å². The number of hydrogen-bond acceptors (Lipinski definition) is 5. The summed E-state index contributed by atoms with van der Waals surface area (Å²) in [6.07, 6.45) is 4.31. The molecule has 1 heterocycles. The van der Waals surface area contributed by atoms with Crippen molar-refractivity contribution in [1.82, 2.24) is 5.43 Å². The molecule has 20 heavy (non-hydrogen) atoms. The number of furan rings is 1. The molecule has 0 atom stereocenters. The number of benzene rings is 1. The zero-order chi connectivity index (χ0) is 14.5. The van der Waals surface area contributed by atoms with Gasteiger partial charge in [0.2, 0.25) is 0 Å². The molecule has 2 aromatic rings. The molecule has 1 amide bonds. The first-order chi connectivity index (χ1) is 9.58. The van der Waals surface area contributed by atoms with Crippen molar-refractivity contribution in [2.45, 2.75) is 0 Å². The molecule has 0 fully saturated rings. The smallest absolute Gasteiger partial charge is 0.272 e. The Labute approximate surface area is 118 Å². The minimum Gasteiger partial charge on any atom is -0.472 e. The highest BCUT2D eigenvalue weighted by atomic mass is 35.5. The lowest BCUT2D eigenvalue weighted by molar-refractivity contribution is -0.384. The molecule has 0 unspecified atom stereocenters. The number of non-ortho nitro benzene ring substituents is 1. The molecule has 8 heteroatoms. The molecule has 0 radical (unpaired) electrons. The maximum Gasteiger partial charge on any atom is 0.272 e. The lowest BCUT2D eigenvalue weighted by Gasteiger charge is -2.02. The van der Waals surface area contributed by atoms with Gasteiger partial charge in [0.05, 0.1) is 34.3 Å². The maximum atomic E-state index is 11.8. The molecule has 102 valence electrons. The molecule has 1 aromatic heterocycles. The Hall–Kier alpha value is -2.67. The summed E-state index contributed by atoms with van der Waals surface area (Å²) in [6.45, 7) is 0. The van der Waals surface area contributed by atoms with Crippen LogP contribution in [0.25, 0.3) is 0 Å². The Bertz CT molecular complexity index is 667. The number of nitrogens with one attached hydrogen (secondary N) is 1. The van der Waals surface area contributed by atoms with E-state index >= 15 is 0 Å². The van der Waals surface area contributed by atoms with E-state index in [1.807, 2.05) is 0 Å². The molecule has 7 nitrogen and oxygen atoms in total. The van der Waals surface area contributed by atoms with E-state index in [2.05, 4.69) is 10.5 Å². The maximum absolute atomic E-state index is 11.8. The summed E-state index contributed by atoms with van der Waals surface area (Å²) in [4.78, 5) is 21.7. The highest BCUT2D eigenvalue weighted by molar-refractivity contribution is 6.34. The summed E-state index contributed by atoms with van der Waals surface area (Å²) in [5, 5.41) is 14.2. The Balaban J connectivity index is 2.08. The van der Waals surface area contributed by atoms with Crippen molar-refractivity contribution in [3.63, 3.8) is 0 Å². The van der Waals surface area contributed by atoms with E-state index in [1.54, 1.807) is 6.07 Å². The highest BCUT2D eigenvalue weighted by Gasteiger charge is 2.14. The van der Waals surface area contributed by atoms with Gasteiger partial charge in [-0.15, -0.1) is 0 Å². The molecule has 0 aliphatic heterocycles. The van der Waals surface area contributed by atoms with E-state index in [4.69, 9.17) is 16.0 Å². The van der Waals surface area contributed by atoms with Crippen molar-refractivity contribution in [1.29, 1.82) is 0 Å². The van der Waals surface area contributed by atoms with E-state index in [-0.39, 0.29) is 16.3 Å². The summed E-state index contributed by atoms with van der Waals surface area (Å²) >= 11 is 5.81. The Morgan fingerprint density at radius 3 is 2.85 bits per heavy atom. The minimum atomic E-state index is -0.593. The van der Waals surface area contributed by atoms with Crippen LogP contribution in [0.3, 0.4) is 0 Å². The molecule has 0 saturated heterocycles. The number of carbonyl (C=O) groups excluding carboxylic acids is 1. The number of nitro benzene ring substituents is 1. The topological polar surface area (TPSA) is 97.7 Å². The fraction of sp³-hybridized carbons (Fsp3) is 0. The SMILES string of the molecule is O=C(N/N=C/c1ccoc1)c1ccc([N+](=O)[O-])cc1Cl. The zero-order valence-electron chi connectivity index (χ0n) is 9.95. The predicted molar refractivity (Wildman–Crippen MR) is 71.9 cm³/mol. The normalized spacial score (nSPS) is 10.7. The first-order valence-corrected chi connectivity index (χ1v) is 5.75. The van der Waals surface area contributed by atoms with Gasteiger partial charge in [0, 0.05) is 17.7 Å². The van der Waals surface area contributed by atoms with Gasteiger partial charge in [0.25, 0.3) is 11.6 Å². The summed E-state index contributed by atoms with van der Waals surface area (Å²) in [5.41, 5.74) is 2.85. The van der Waals surface area contributed by atoms with E-state index in [0.29, 0.717) is 5.56 Å². The van der Waals surface area contributed by atoms with Gasteiger partial charge in [0.1, 0.15) is 0 Å². The second-order valence-electron chi connectivity index (χ2n) is 3.68. The lowest BCUT2D eigenvalue weighted by atomic mass is 10.2. The van der Waals surface area contributed by atoms with Crippen LogP contribution in [-0.4, -0.2) is 17.0 Å². The van der Waals surface area contributed by atoms with Crippen LogP contribution in [0.1, 0.15) is 15.9 Å². The fourth-order valence-electron chi connectivity index (χ4n) is 1.38. The van der Waals surface area contributed by atoms with E-state index in [1.165, 1.54) is 30.9 Å². The first-order valence-electron chi connectivity index (χ1n) is 5.37. The monoisotopic (exact) mass is 293 g/mol. The van der Waals surface area contributed by atoms with Gasteiger partial charge in [-0.25, -0.2) is 5.43 Å². The van der Waals surface area contributed by atoms with Crippen LogP contribution in [-0.2, 0) is 0 Å². The molecule has 0 bridgehead atoms. The van der Waals surface area contributed by atoms with E-state index in [9.17, 15) is 14.9 Å². The van der Waals surface area contributed by atoms with Crippen molar-refractivity contribution < 1.29 is 14.1 Å². The third-order valence-corrected chi connectivity index (χ3v) is 2.64. The molecule has 1 aromatic carbocycles. The van der Waals surface area contributed by atoms with Crippen LogP contribution < -0.4 is 5.43 Å². The number of nitrogens with zero attached hydrogens (tertiary/aromatic N) is 2. The molecular weight excluding hydrogens is 286 g/mol. The van der Waals surface area contributed by atoms with Crippen molar-refractivity contribution in [3.8, 4) is 0 Å². The van der Waals surface area contributed by atoms with Crippen LogP contribution in [0.4, 0.5) is 5.69 Å². The lowest BCUT2D eigenvalue weighted by Crippen LogP contribution is -2.18. The Morgan fingerprint density at radius 2 is 2.25 bits per heavy atom. The van der Waals surface area contributed by atoms with Crippen molar-refractivity contribution in [2.75, 3.05) is 0 Å². The summed E-state index contributed by atoms with van der Waals surface area (Å²) in [6, 6.07) is 5.23. The highest BCUT2D eigenvalue weighted by Crippen LogP contribution is 2.22. The van der Waals surface area contributed by atoms with Crippen LogP contribution >= 0.6 is 11.6 Å². The van der Waals surface area contributed by atoms with Crippen molar-refractivity contribution in [2.24, 2.45) is 5.10 Å². The summed E-state index contributed by atoms with van der Waals surface area (Å²) in [7, 11) is 0. The first kappa shape index (κ1) is 13.8. The van der Waals surface area contributed by atoms with Crippen LogP contribution in [0.2, 0.25) is 5.02 Å². The van der Waals surface area contributed by atoms with E-state index < -0.39 is 10.8 Å². The zero-order valence-corrected chi connectivity index (χ0v) is 10.7. The van der Waals surface area contributed by atoms with Crippen LogP contribution in [0.15, 0.2) is 46.3 Å². The number of hydrazone groups is 1. The molecule has 2 rings (SSSR count). The second-order valence-corrected chi connectivity index (χ2v) is 4.08. The standard InChI is InChI=1S/C12H8ClN3O4/c13-11-5-9(16(18)19)1-2-10(11)12(17)15-14-6-8-3-4-20-7-8/h1-7H,(H,15,17)/b14-6+. The Morgan fingerprint density at radius 1 is 1.45 bits per heavy atom. The molecule has 0 aliphatic rings. The second kappa shape index (κ2) is 5.98. The summed E-state index contributed by atoms with van der Waals surface area (Å²) in [5.74, 6) is -0.565. The number of rotatable bonds is 4. The van der Waals surface area contributed by atoms with Gasteiger partial charge in [-0.1, -0.05) is 11.6 Å². The number of carbonyl (C=O) groups is 1. The minimum absolute atomic E-state index is 0.0183. The average Bonchev–Trinajstić information content (AvgIpc) is 2.91. The molecule has 0 saturated carbocycles. The Kier molecular flexibility index (Phi) is 4.11. The molecule has 0 aliphatic carbocycles. The van der Waals surface area contributed by atoms with Gasteiger partial charge < -0.3 is 4.42 Å². The summed E-state index contributed by atoms with van der Waals surface area (Å²) < 4.78 is 4.82. The van der Waals surface area contributed by atoms with Gasteiger partial charge in [-0.05, 0) is 12.1 Å². The largest absolute Gasteiger partial charge is 0.472 e. The molecular formula is C12H8ClN3O4. The van der Waals surface area contributed by atoms with Crippen molar-refractivity contribution >= 4 is 29.4 Å².